The summed E-state index contributed by atoms with van der Waals surface area (Å²) in [6, 6.07) is 1.64. The first kappa shape index (κ1) is 12.5. The molecule has 3 N–H and O–H groups in total. The van der Waals surface area contributed by atoms with Gasteiger partial charge in [-0.05, 0) is 13.8 Å². The number of aryl methyl sites for hydroxylation is 2. The van der Waals surface area contributed by atoms with Gasteiger partial charge >= 0.3 is 0 Å². The SMILES string of the molecule is Cc1cc(-n2nc(C(F)F)c3c(N)[nH]nc32)nc(C)n1. The molecule has 3 heterocycles. The zero-order valence-corrected chi connectivity index (χ0v) is 10.7. The number of nitrogen functional groups attached to an aromatic ring is 1. The third-order valence-corrected chi connectivity index (χ3v) is 2.82. The van der Waals surface area contributed by atoms with Gasteiger partial charge in [-0.1, -0.05) is 0 Å². The normalized spacial score (nSPS) is 11.7. The molecule has 3 rings (SSSR count). The first-order valence-electron chi connectivity index (χ1n) is 5.80. The van der Waals surface area contributed by atoms with Crippen LogP contribution in [0.4, 0.5) is 14.6 Å². The predicted octanol–water partition coefficient (Wildman–Crippen LogP) is 1.68. The summed E-state index contributed by atoms with van der Waals surface area (Å²) < 4.78 is 27.3. The lowest BCUT2D eigenvalue weighted by molar-refractivity contribution is 0.147. The van der Waals surface area contributed by atoms with Gasteiger partial charge in [0.25, 0.3) is 6.43 Å². The van der Waals surface area contributed by atoms with Crippen LogP contribution in [0.1, 0.15) is 23.6 Å². The van der Waals surface area contributed by atoms with Gasteiger partial charge in [0.15, 0.2) is 11.5 Å². The third-order valence-electron chi connectivity index (χ3n) is 2.82. The van der Waals surface area contributed by atoms with E-state index < -0.39 is 12.1 Å². The third kappa shape index (κ3) is 1.78. The van der Waals surface area contributed by atoms with Crippen LogP contribution in [-0.2, 0) is 0 Å². The maximum atomic E-state index is 13.0. The fourth-order valence-electron chi connectivity index (χ4n) is 2.07. The molecule has 0 aliphatic heterocycles. The molecule has 0 aromatic carbocycles. The number of rotatable bonds is 2. The van der Waals surface area contributed by atoms with E-state index in [0.717, 1.165) is 0 Å². The summed E-state index contributed by atoms with van der Waals surface area (Å²) in [7, 11) is 0. The zero-order valence-electron chi connectivity index (χ0n) is 10.7. The smallest absolute Gasteiger partial charge is 0.282 e. The molecule has 3 aromatic heterocycles. The van der Waals surface area contributed by atoms with Crippen molar-refractivity contribution in [1.29, 1.82) is 0 Å². The fraction of sp³-hybridized carbons (Fsp3) is 0.273. The second-order valence-corrected chi connectivity index (χ2v) is 4.35. The average molecular weight is 279 g/mol. The number of H-pyrrole nitrogens is 1. The van der Waals surface area contributed by atoms with Crippen molar-refractivity contribution in [3.8, 4) is 5.82 Å². The molecule has 0 unspecified atom stereocenters. The number of nitrogens with zero attached hydrogens (tertiary/aromatic N) is 5. The molecule has 9 heteroatoms. The van der Waals surface area contributed by atoms with Crippen molar-refractivity contribution in [3.05, 3.63) is 23.3 Å². The number of anilines is 1. The Kier molecular flexibility index (Phi) is 2.63. The highest BCUT2D eigenvalue weighted by atomic mass is 19.3. The molecule has 0 saturated heterocycles. The van der Waals surface area contributed by atoms with Crippen molar-refractivity contribution in [2.45, 2.75) is 20.3 Å². The van der Waals surface area contributed by atoms with E-state index in [4.69, 9.17) is 5.73 Å². The van der Waals surface area contributed by atoms with Crippen LogP contribution < -0.4 is 5.73 Å². The summed E-state index contributed by atoms with van der Waals surface area (Å²) in [4.78, 5) is 8.32. The highest BCUT2D eigenvalue weighted by molar-refractivity contribution is 5.90. The lowest BCUT2D eigenvalue weighted by atomic mass is 10.3. The Bertz CT molecular complexity index is 769. The van der Waals surface area contributed by atoms with Crippen molar-refractivity contribution in [1.82, 2.24) is 29.9 Å². The van der Waals surface area contributed by atoms with Gasteiger partial charge in [-0.2, -0.15) is 14.9 Å². The number of hydrogen-bond acceptors (Lipinski definition) is 5. The molecule has 0 amide bonds. The molecular formula is C11H11F2N7. The van der Waals surface area contributed by atoms with Crippen LogP contribution in [0, 0.1) is 13.8 Å². The predicted molar refractivity (Wildman–Crippen MR) is 67.6 cm³/mol. The van der Waals surface area contributed by atoms with Crippen LogP contribution in [0.2, 0.25) is 0 Å². The van der Waals surface area contributed by atoms with Crippen LogP contribution in [-0.4, -0.2) is 29.9 Å². The van der Waals surface area contributed by atoms with E-state index in [1.165, 1.54) is 4.68 Å². The molecule has 3 aromatic rings. The Morgan fingerprint density at radius 2 is 2.05 bits per heavy atom. The zero-order chi connectivity index (χ0) is 14.4. The summed E-state index contributed by atoms with van der Waals surface area (Å²) in [6.45, 7) is 3.50. The number of aromatic nitrogens is 6. The van der Waals surface area contributed by atoms with Gasteiger partial charge in [-0.3, -0.25) is 5.10 Å². The summed E-state index contributed by atoms with van der Waals surface area (Å²) in [5.74, 6) is 0.952. The maximum Gasteiger partial charge on any atom is 0.282 e. The summed E-state index contributed by atoms with van der Waals surface area (Å²) >= 11 is 0. The fourth-order valence-corrected chi connectivity index (χ4v) is 2.07. The Hall–Kier alpha value is -2.58. The molecule has 0 bridgehead atoms. The van der Waals surface area contributed by atoms with E-state index in [2.05, 4.69) is 25.3 Å². The summed E-state index contributed by atoms with van der Waals surface area (Å²) in [5.41, 5.74) is 6.14. The number of nitrogens with two attached hydrogens (primary N) is 1. The molecule has 7 nitrogen and oxygen atoms in total. The van der Waals surface area contributed by atoms with E-state index in [1.807, 2.05) is 0 Å². The molecule has 104 valence electrons. The standard InChI is InChI=1S/C11H11F2N7/c1-4-3-6(16-5(2)15-4)20-11-7(10(14)17-18-11)8(19-20)9(12)13/h3,9H,1-2H3,(H3,14,17,18). The van der Waals surface area contributed by atoms with Gasteiger partial charge in [0, 0.05) is 11.8 Å². The molecule has 0 fully saturated rings. The first-order valence-corrected chi connectivity index (χ1v) is 5.80. The van der Waals surface area contributed by atoms with Crippen molar-refractivity contribution >= 4 is 16.9 Å². The van der Waals surface area contributed by atoms with Crippen molar-refractivity contribution in [2.24, 2.45) is 0 Å². The monoisotopic (exact) mass is 279 g/mol. The highest BCUT2D eigenvalue weighted by Gasteiger charge is 2.24. The van der Waals surface area contributed by atoms with Crippen LogP contribution in [0.5, 0.6) is 0 Å². The minimum absolute atomic E-state index is 0.0593. The molecule has 20 heavy (non-hydrogen) atoms. The van der Waals surface area contributed by atoms with Crippen molar-refractivity contribution in [3.63, 3.8) is 0 Å². The van der Waals surface area contributed by atoms with Gasteiger partial charge in [0.1, 0.15) is 17.3 Å². The van der Waals surface area contributed by atoms with Gasteiger partial charge in [-0.15, -0.1) is 0 Å². The minimum atomic E-state index is -2.75. The Morgan fingerprint density at radius 1 is 1.30 bits per heavy atom. The minimum Gasteiger partial charge on any atom is -0.383 e. The molecular weight excluding hydrogens is 268 g/mol. The van der Waals surface area contributed by atoms with E-state index >= 15 is 0 Å². The summed E-state index contributed by atoms with van der Waals surface area (Å²) in [6.07, 6.45) is -2.75. The van der Waals surface area contributed by atoms with Crippen LogP contribution in [0.25, 0.3) is 16.9 Å². The Labute approximate surface area is 111 Å². The Morgan fingerprint density at radius 3 is 2.70 bits per heavy atom. The second kappa shape index (κ2) is 4.22. The number of aromatic amines is 1. The largest absolute Gasteiger partial charge is 0.383 e. The van der Waals surface area contributed by atoms with Crippen LogP contribution >= 0.6 is 0 Å². The topological polar surface area (TPSA) is 98.3 Å². The van der Waals surface area contributed by atoms with Crippen molar-refractivity contribution in [2.75, 3.05) is 5.73 Å². The number of halogens is 2. The maximum absolute atomic E-state index is 13.0. The van der Waals surface area contributed by atoms with E-state index in [9.17, 15) is 8.78 Å². The Balaban J connectivity index is 2.31. The molecule has 0 spiro atoms. The van der Waals surface area contributed by atoms with E-state index in [1.54, 1.807) is 19.9 Å². The van der Waals surface area contributed by atoms with Crippen molar-refractivity contribution < 1.29 is 8.78 Å². The average Bonchev–Trinajstić information content (AvgIpc) is 2.89. The molecule has 0 aliphatic rings. The van der Waals surface area contributed by atoms with Gasteiger partial charge in [0.05, 0.1) is 5.39 Å². The van der Waals surface area contributed by atoms with Gasteiger partial charge < -0.3 is 5.73 Å². The number of fused-ring (bicyclic) bond motifs is 1. The van der Waals surface area contributed by atoms with Crippen LogP contribution in [0.15, 0.2) is 6.07 Å². The number of hydrogen-bond donors (Lipinski definition) is 2. The molecule has 0 saturated carbocycles. The van der Waals surface area contributed by atoms with Gasteiger partial charge in [0.2, 0.25) is 0 Å². The highest BCUT2D eigenvalue weighted by Crippen LogP contribution is 2.30. The second-order valence-electron chi connectivity index (χ2n) is 4.35. The number of nitrogens with one attached hydrogen (secondary N) is 1. The van der Waals surface area contributed by atoms with E-state index in [0.29, 0.717) is 17.3 Å². The van der Waals surface area contributed by atoms with E-state index in [-0.39, 0.29) is 16.9 Å². The first-order chi connectivity index (χ1) is 9.47. The number of alkyl halides is 2. The van der Waals surface area contributed by atoms with Crippen LogP contribution in [0.3, 0.4) is 0 Å². The molecule has 0 aliphatic carbocycles. The van der Waals surface area contributed by atoms with Gasteiger partial charge in [-0.25, -0.2) is 18.7 Å². The summed E-state index contributed by atoms with van der Waals surface area (Å²) in [5, 5.41) is 10.4. The lowest BCUT2D eigenvalue weighted by Crippen LogP contribution is -2.04. The molecule has 0 radical (unpaired) electrons. The lowest BCUT2D eigenvalue weighted by Gasteiger charge is -2.03. The quantitative estimate of drug-likeness (QED) is 0.743. The molecule has 0 atom stereocenters.